The highest BCUT2D eigenvalue weighted by Crippen LogP contribution is 1.94. The highest BCUT2D eigenvalue weighted by atomic mass is 16.4. The average molecular weight is 153 g/mol. The van der Waals surface area contributed by atoms with Crippen LogP contribution in [0.3, 0.4) is 0 Å². The van der Waals surface area contributed by atoms with Gasteiger partial charge in [-0.2, -0.15) is 0 Å². The minimum atomic E-state index is 1.12. The van der Waals surface area contributed by atoms with E-state index in [0.29, 0.717) is 0 Å². The lowest BCUT2D eigenvalue weighted by Gasteiger charge is -1.84. The summed E-state index contributed by atoms with van der Waals surface area (Å²) in [6, 6.07) is 0. The van der Waals surface area contributed by atoms with Gasteiger partial charge in [0.1, 0.15) is 0 Å². The fraction of sp³-hybridized carbons (Fsp3) is 0.444. The smallest absolute Gasteiger partial charge is 0.0661 e. The van der Waals surface area contributed by atoms with Crippen molar-refractivity contribution in [3.8, 4) is 0 Å². The van der Waals surface area contributed by atoms with E-state index >= 15 is 0 Å². The summed E-state index contributed by atoms with van der Waals surface area (Å²) in [5.74, 6) is 0. The molecule has 0 aromatic rings. The van der Waals surface area contributed by atoms with Crippen molar-refractivity contribution in [2.45, 2.75) is 26.2 Å². The molecule has 0 aliphatic rings. The Morgan fingerprint density at radius 2 is 2.09 bits per heavy atom. The molecule has 0 aromatic carbocycles. The molecular formula is C9H15NO. The van der Waals surface area contributed by atoms with E-state index in [-0.39, 0.29) is 0 Å². The van der Waals surface area contributed by atoms with Crippen molar-refractivity contribution >= 4 is 6.21 Å². The first-order valence-corrected chi connectivity index (χ1v) is 3.91. The Labute approximate surface area is 67.9 Å². The van der Waals surface area contributed by atoms with Crippen molar-refractivity contribution in [3.05, 3.63) is 24.3 Å². The maximum absolute atomic E-state index is 8.00. The lowest BCUT2D eigenvalue weighted by molar-refractivity contribution is 0.322. The number of oxime groups is 1. The Balaban J connectivity index is 3.28. The predicted molar refractivity (Wildman–Crippen MR) is 48.1 cm³/mol. The van der Waals surface area contributed by atoms with Crippen LogP contribution in [-0.2, 0) is 0 Å². The third-order valence-electron chi connectivity index (χ3n) is 1.24. The molecule has 0 aliphatic carbocycles. The van der Waals surface area contributed by atoms with Gasteiger partial charge in [-0.1, -0.05) is 43.1 Å². The molecule has 1 N–H and O–H groups in total. The molecule has 0 bridgehead atoms. The summed E-state index contributed by atoms with van der Waals surface area (Å²) in [5.41, 5.74) is 0. The van der Waals surface area contributed by atoms with Gasteiger partial charge >= 0.3 is 0 Å². The van der Waals surface area contributed by atoms with E-state index in [1.807, 2.05) is 12.2 Å². The topological polar surface area (TPSA) is 32.6 Å². The molecule has 2 heteroatoms. The lowest BCUT2D eigenvalue weighted by Crippen LogP contribution is -1.65. The SMILES string of the molecule is CCCC/C=C/C=C/C=N/O. The molecule has 0 aliphatic heterocycles. The van der Waals surface area contributed by atoms with E-state index in [0.717, 1.165) is 6.42 Å². The fourth-order valence-electron chi connectivity index (χ4n) is 0.649. The van der Waals surface area contributed by atoms with Crippen LogP contribution < -0.4 is 0 Å². The average Bonchev–Trinajstić information content (AvgIpc) is 2.03. The first-order chi connectivity index (χ1) is 5.41. The van der Waals surface area contributed by atoms with Crippen LogP contribution >= 0.6 is 0 Å². The number of hydrogen-bond donors (Lipinski definition) is 1. The Bertz CT molecular complexity index is 148. The zero-order valence-electron chi connectivity index (χ0n) is 6.90. The molecule has 62 valence electrons. The molecule has 0 atom stereocenters. The Kier molecular flexibility index (Phi) is 8.10. The normalized spacial score (nSPS) is 12.5. The monoisotopic (exact) mass is 153 g/mol. The Morgan fingerprint density at radius 3 is 2.73 bits per heavy atom. The second-order valence-electron chi connectivity index (χ2n) is 2.22. The molecule has 0 aromatic heterocycles. The fourth-order valence-corrected chi connectivity index (χ4v) is 0.649. The summed E-state index contributed by atoms with van der Waals surface area (Å²) >= 11 is 0. The maximum atomic E-state index is 8.00. The van der Waals surface area contributed by atoms with Crippen LogP contribution in [0.5, 0.6) is 0 Å². The van der Waals surface area contributed by atoms with Crippen molar-refractivity contribution in [2.24, 2.45) is 5.16 Å². The van der Waals surface area contributed by atoms with Crippen molar-refractivity contribution in [1.82, 2.24) is 0 Å². The molecule has 2 nitrogen and oxygen atoms in total. The van der Waals surface area contributed by atoms with Crippen LogP contribution in [0.4, 0.5) is 0 Å². The minimum absolute atomic E-state index is 1.12. The van der Waals surface area contributed by atoms with Gasteiger partial charge in [-0.25, -0.2) is 0 Å². The van der Waals surface area contributed by atoms with Gasteiger partial charge in [-0.15, -0.1) is 0 Å². The molecule has 0 rings (SSSR count). The number of nitrogens with zero attached hydrogens (tertiary/aromatic N) is 1. The van der Waals surface area contributed by atoms with Crippen LogP contribution in [0.1, 0.15) is 26.2 Å². The predicted octanol–water partition coefficient (Wildman–Crippen LogP) is 2.75. The minimum Gasteiger partial charge on any atom is -0.411 e. The van der Waals surface area contributed by atoms with Gasteiger partial charge in [0.15, 0.2) is 0 Å². The lowest BCUT2D eigenvalue weighted by atomic mass is 10.2. The van der Waals surface area contributed by atoms with Gasteiger partial charge in [0.2, 0.25) is 0 Å². The van der Waals surface area contributed by atoms with E-state index in [4.69, 9.17) is 5.21 Å². The van der Waals surface area contributed by atoms with Gasteiger partial charge in [-0.3, -0.25) is 0 Å². The molecule has 0 saturated heterocycles. The summed E-state index contributed by atoms with van der Waals surface area (Å²) in [5, 5.41) is 10.8. The molecule has 0 spiro atoms. The molecule has 0 fully saturated rings. The Hall–Kier alpha value is -1.05. The molecule has 0 amide bonds. The van der Waals surface area contributed by atoms with E-state index in [1.165, 1.54) is 19.1 Å². The summed E-state index contributed by atoms with van der Waals surface area (Å²) < 4.78 is 0. The second-order valence-corrected chi connectivity index (χ2v) is 2.22. The second kappa shape index (κ2) is 8.95. The van der Waals surface area contributed by atoms with Crippen LogP contribution in [-0.4, -0.2) is 11.4 Å². The quantitative estimate of drug-likeness (QED) is 0.213. The highest BCUT2D eigenvalue weighted by Gasteiger charge is 1.74. The van der Waals surface area contributed by atoms with Gasteiger partial charge in [0, 0.05) is 0 Å². The summed E-state index contributed by atoms with van der Waals surface area (Å²) in [4.78, 5) is 0. The molecular weight excluding hydrogens is 138 g/mol. The van der Waals surface area contributed by atoms with Crippen molar-refractivity contribution in [2.75, 3.05) is 0 Å². The molecule has 0 unspecified atom stereocenters. The number of allylic oxidation sites excluding steroid dienone is 4. The first-order valence-electron chi connectivity index (χ1n) is 3.91. The van der Waals surface area contributed by atoms with Crippen molar-refractivity contribution in [3.63, 3.8) is 0 Å². The number of rotatable bonds is 5. The zero-order valence-corrected chi connectivity index (χ0v) is 6.90. The first kappa shape index (κ1) is 9.95. The Morgan fingerprint density at radius 1 is 1.27 bits per heavy atom. The molecule has 0 heterocycles. The van der Waals surface area contributed by atoms with Crippen molar-refractivity contribution in [1.29, 1.82) is 0 Å². The van der Waals surface area contributed by atoms with E-state index < -0.39 is 0 Å². The summed E-state index contributed by atoms with van der Waals surface area (Å²) in [7, 11) is 0. The van der Waals surface area contributed by atoms with Crippen LogP contribution in [0.15, 0.2) is 29.5 Å². The third kappa shape index (κ3) is 8.95. The summed E-state index contributed by atoms with van der Waals surface area (Å²) in [6.07, 6.45) is 12.5. The standard InChI is InChI=1S/C9H15NO/c1-2-3-4-5-6-7-8-9-10-11/h5-9,11H,2-4H2,1H3/b6-5+,8-7+,10-9+. The molecule has 0 radical (unpaired) electrons. The number of unbranched alkanes of at least 4 members (excludes halogenated alkanes) is 2. The largest absolute Gasteiger partial charge is 0.411 e. The zero-order chi connectivity index (χ0) is 8.36. The van der Waals surface area contributed by atoms with Crippen LogP contribution in [0.2, 0.25) is 0 Å². The van der Waals surface area contributed by atoms with E-state index in [9.17, 15) is 0 Å². The molecule has 0 saturated carbocycles. The third-order valence-corrected chi connectivity index (χ3v) is 1.24. The van der Waals surface area contributed by atoms with Crippen molar-refractivity contribution < 1.29 is 5.21 Å². The van der Waals surface area contributed by atoms with Gasteiger partial charge in [0.05, 0.1) is 6.21 Å². The van der Waals surface area contributed by atoms with Gasteiger partial charge < -0.3 is 5.21 Å². The van der Waals surface area contributed by atoms with Crippen LogP contribution in [0.25, 0.3) is 0 Å². The van der Waals surface area contributed by atoms with E-state index in [2.05, 4.69) is 18.2 Å². The van der Waals surface area contributed by atoms with Gasteiger partial charge in [0.25, 0.3) is 0 Å². The number of hydrogen-bond acceptors (Lipinski definition) is 2. The van der Waals surface area contributed by atoms with E-state index in [1.54, 1.807) is 6.08 Å². The summed E-state index contributed by atoms with van der Waals surface area (Å²) in [6.45, 7) is 2.17. The molecule has 11 heavy (non-hydrogen) atoms. The van der Waals surface area contributed by atoms with Crippen LogP contribution in [0, 0.1) is 0 Å². The maximum Gasteiger partial charge on any atom is 0.0661 e. The highest BCUT2D eigenvalue weighted by molar-refractivity contribution is 5.70. The van der Waals surface area contributed by atoms with Gasteiger partial charge in [-0.05, 0) is 12.5 Å².